The lowest BCUT2D eigenvalue weighted by Gasteiger charge is -2.54. The molecule has 1 aliphatic carbocycles. The molecule has 0 amide bonds. The van der Waals surface area contributed by atoms with Gasteiger partial charge in [-0.1, -0.05) is 0 Å². The summed E-state index contributed by atoms with van der Waals surface area (Å²) in [5.41, 5.74) is 0.506. The molecular formula is C14H22O6Si. The fourth-order valence-electron chi connectivity index (χ4n) is 2.98. The first-order valence-corrected chi connectivity index (χ1v) is 10.4. The van der Waals surface area contributed by atoms with E-state index in [0.29, 0.717) is 12.2 Å². The van der Waals surface area contributed by atoms with Gasteiger partial charge in [0.1, 0.15) is 5.57 Å². The summed E-state index contributed by atoms with van der Waals surface area (Å²) >= 11 is 0. The zero-order valence-electron chi connectivity index (χ0n) is 13.1. The van der Waals surface area contributed by atoms with Crippen LogP contribution in [0.25, 0.3) is 0 Å². The van der Waals surface area contributed by atoms with Crippen molar-refractivity contribution in [3.05, 3.63) is 11.1 Å². The largest absolute Gasteiger partial charge is 0.466 e. The van der Waals surface area contributed by atoms with Crippen LogP contribution in [-0.2, 0) is 28.2 Å². The van der Waals surface area contributed by atoms with Crippen LogP contribution in [0.3, 0.4) is 0 Å². The molecule has 0 radical (unpaired) electrons. The third-order valence-corrected chi connectivity index (χ3v) is 4.55. The van der Waals surface area contributed by atoms with Gasteiger partial charge in [-0.3, -0.25) is 0 Å². The lowest BCUT2D eigenvalue weighted by atomic mass is 9.67. The van der Waals surface area contributed by atoms with Crippen LogP contribution in [0.1, 0.15) is 12.8 Å². The van der Waals surface area contributed by atoms with Gasteiger partial charge < -0.3 is 18.6 Å². The van der Waals surface area contributed by atoms with Crippen LogP contribution in [0.5, 0.6) is 0 Å². The van der Waals surface area contributed by atoms with Crippen molar-refractivity contribution in [3.8, 4) is 0 Å². The summed E-state index contributed by atoms with van der Waals surface area (Å²) in [6.07, 6.45) is 1.55. The Morgan fingerprint density at radius 3 is 2.33 bits per heavy atom. The van der Waals surface area contributed by atoms with Gasteiger partial charge in [0.05, 0.1) is 32.3 Å². The van der Waals surface area contributed by atoms with Gasteiger partial charge in [0.15, 0.2) is 8.32 Å². The smallest absolute Gasteiger partial charge is 0.339 e. The first-order chi connectivity index (χ1) is 9.77. The number of carbonyl (C=O) groups is 2. The Hall–Kier alpha value is -1.18. The van der Waals surface area contributed by atoms with Crippen molar-refractivity contribution in [1.29, 1.82) is 0 Å². The quantitative estimate of drug-likeness (QED) is 0.580. The van der Waals surface area contributed by atoms with Gasteiger partial charge in [-0.05, 0) is 32.5 Å². The SMILES string of the molecule is COC(=O)C1=C(C(=O)OC)[C@@]2(O[Si](C)(C)C)OCCC[C@@H]12. The summed E-state index contributed by atoms with van der Waals surface area (Å²) in [5, 5.41) is 0. The predicted octanol–water partition coefficient (Wildman–Crippen LogP) is 1.62. The van der Waals surface area contributed by atoms with Crippen molar-refractivity contribution in [2.45, 2.75) is 38.3 Å². The molecule has 1 heterocycles. The molecule has 0 aromatic heterocycles. The van der Waals surface area contributed by atoms with E-state index in [1.165, 1.54) is 14.2 Å². The molecule has 0 aromatic carbocycles. The van der Waals surface area contributed by atoms with Crippen LogP contribution in [0, 0.1) is 5.92 Å². The van der Waals surface area contributed by atoms with E-state index >= 15 is 0 Å². The second-order valence-corrected chi connectivity index (χ2v) is 10.6. The third-order valence-electron chi connectivity index (χ3n) is 3.63. The molecule has 118 valence electrons. The summed E-state index contributed by atoms with van der Waals surface area (Å²) in [4.78, 5) is 24.1. The van der Waals surface area contributed by atoms with Crippen molar-refractivity contribution in [1.82, 2.24) is 0 Å². The van der Waals surface area contributed by atoms with E-state index < -0.39 is 26.0 Å². The molecule has 0 aromatic rings. The molecule has 0 saturated carbocycles. The van der Waals surface area contributed by atoms with E-state index in [1.807, 2.05) is 19.6 Å². The summed E-state index contributed by atoms with van der Waals surface area (Å²) in [6.45, 7) is 6.54. The van der Waals surface area contributed by atoms with Gasteiger partial charge in [-0.2, -0.15) is 0 Å². The third kappa shape index (κ3) is 2.65. The predicted molar refractivity (Wildman–Crippen MR) is 76.9 cm³/mol. The van der Waals surface area contributed by atoms with Crippen molar-refractivity contribution in [2.75, 3.05) is 20.8 Å². The minimum atomic E-state index is -2.00. The van der Waals surface area contributed by atoms with Crippen LogP contribution in [0.4, 0.5) is 0 Å². The second-order valence-electron chi connectivity index (χ2n) is 6.20. The standard InChI is InChI=1S/C14H22O6Si/c1-17-12(15)10-9-7-6-8-19-14(9,20-21(3,4)5)11(10)13(16)18-2/h9H,6-8H2,1-5H3/t9-,14+/m0/s1. The number of hydrogen-bond acceptors (Lipinski definition) is 6. The summed E-state index contributed by atoms with van der Waals surface area (Å²) < 4.78 is 21.6. The maximum Gasteiger partial charge on any atom is 0.339 e. The van der Waals surface area contributed by atoms with E-state index in [0.717, 1.165) is 12.8 Å². The topological polar surface area (TPSA) is 71.1 Å². The van der Waals surface area contributed by atoms with Gasteiger partial charge in [0.2, 0.25) is 5.79 Å². The minimum absolute atomic E-state index is 0.170. The number of esters is 2. The Labute approximate surface area is 125 Å². The van der Waals surface area contributed by atoms with E-state index in [9.17, 15) is 9.59 Å². The normalized spacial score (nSPS) is 28.5. The Morgan fingerprint density at radius 1 is 1.19 bits per heavy atom. The average Bonchev–Trinajstić information content (AvgIpc) is 2.40. The first kappa shape index (κ1) is 16.2. The zero-order valence-corrected chi connectivity index (χ0v) is 14.1. The average molecular weight is 314 g/mol. The van der Waals surface area contributed by atoms with E-state index in [2.05, 4.69) is 0 Å². The molecule has 1 saturated heterocycles. The maximum absolute atomic E-state index is 12.1. The highest BCUT2D eigenvalue weighted by atomic mass is 28.4. The Bertz CT molecular complexity index is 492. The van der Waals surface area contributed by atoms with Crippen LogP contribution in [-0.4, -0.2) is 46.9 Å². The molecule has 6 nitrogen and oxygen atoms in total. The highest BCUT2D eigenvalue weighted by molar-refractivity contribution is 6.69. The number of hydrogen-bond donors (Lipinski definition) is 0. The summed E-state index contributed by atoms with van der Waals surface area (Å²) in [5.74, 6) is -2.51. The molecular weight excluding hydrogens is 292 g/mol. The van der Waals surface area contributed by atoms with E-state index in [-0.39, 0.29) is 11.5 Å². The van der Waals surface area contributed by atoms with Crippen molar-refractivity contribution in [2.24, 2.45) is 5.92 Å². The molecule has 2 aliphatic rings. The van der Waals surface area contributed by atoms with Crippen LogP contribution in [0.2, 0.25) is 19.6 Å². The fourth-order valence-corrected chi connectivity index (χ4v) is 4.19. The second kappa shape index (κ2) is 5.55. The summed E-state index contributed by atoms with van der Waals surface area (Å²) in [7, 11) is 0.578. The van der Waals surface area contributed by atoms with Gasteiger partial charge in [0, 0.05) is 0 Å². The molecule has 0 bridgehead atoms. The van der Waals surface area contributed by atoms with Gasteiger partial charge in [-0.15, -0.1) is 0 Å². The lowest BCUT2D eigenvalue weighted by Crippen LogP contribution is -2.63. The highest BCUT2D eigenvalue weighted by Gasteiger charge is 2.64. The number of ether oxygens (including phenoxy) is 3. The molecule has 2 rings (SSSR count). The molecule has 1 aliphatic heterocycles. The van der Waals surface area contributed by atoms with E-state index in [1.54, 1.807) is 0 Å². The number of fused-ring (bicyclic) bond motifs is 1. The van der Waals surface area contributed by atoms with Crippen molar-refractivity contribution in [3.63, 3.8) is 0 Å². The molecule has 1 fully saturated rings. The van der Waals surface area contributed by atoms with Crippen molar-refractivity contribution >= 4 is 20.3 Å². The number of carbonyl (C=O) groups excluding carboxylic acids is 2. The fraction of sp³-hybridized carbons (Fsp3) is 0.714. The Morgan fingerprint density at radius 2 is 1.81 bits per heavy atom. The maximum atomic E-state index is 12.1. The van der Waals surface area contributed by atoms with E-state index in [4.69, 9.17) is 18.6 Å². The zero-order chi connectivity index (χ0) is 15.8. The minimum Gasteiger partial charge on any atom is -0.466 e. The van der Waals surface area contributed by atoms with Crippen molar-refractivity contribution < 1.29 is 28.2 Å². The monoisotopic (exact) mass is 314 g/mol. The molecule has 7 heteroatoms. The van der Waals surface area contributed by atoms with Crippen LogP contribution < -0.4 is 0 Å². The first-order valence-electron chi connectivity index (χ1n) is 7.02. The van der Waals surface area contributed by atoms with Gasteiger partial charge in [0.25, 0.3) is 0 Å². The Balaban J connectivity index is 2.51. The van der Waals surface area contributed by atoms with Crippen LogP contribution in [0.15, 0.2) is 11.1 Å². The van der Waals surface area contributed by atoms with Gasteiger partial charge >= 0.3 is 11.9 Å². The molecule has 0 N–H and O–H groups in total. The van der Waals surface area contributed by atoms with Crippen LogP contribution >= 0.6 is 0 Å². The van der Waals surface area contributed by atoms with Gasteiger partial charge in [-0.25, -0.2) is 9.59 Å². The number of rotatable bonds is 4. The molecule has 21 heavy (non-hydrogen) atoms. The summed E-state index contributed by atoms with van der Waals surface area (Å²) in [6, 6.07) is 0. The molecule has 0 unspecified atom stereocenters. The highest BCUT2D eigenvalue weighted by Crippen LogP contribution is 2.54. The Kier molecular flexibility index (Phi) is 4.28. The number of methoxy groups -OCH3 is 2. The molecule has 0 spiro atoms. The lowest BCUT2D eigenvalue weighted by molar-refractivity contribution is -0.233. The molecule has 2 atom stereocenters.